The van der Waals surface area contributed by atoms with Crippen LogP contribution in [0.3, 0.4) is 0 Å². The van der Waals surface area contributed by atoms with Crippen molar-refractivity contribution in [2.75, 3.05) is 11.9 Å². The SMILES string of the molecule is CCOc1cc(CNc2ccc(-c3nc4ccc(C)cc4s3)cc2)c(Cl)cc1OCc1ccc(Cl)cc1. The van der Waals surface area contributed by atoms with Gasteiger partial charge in [0.15, 0.2) is 11.5 Å². The van der Waals surface area contributed by atoms with Crippen molar-refractivity contribution < 1.29 is 9.47 Å². The van der Waals surface area contributed by atoms with Crippen LogP contribution in [-0.2, 0) is 13.2 Å². The molecule has 0 saturated heterocycles. The summed E-state index contributed by atoms with van der Waals surface area (Å²) in [6.07, 6.45) is 0. The van der Waals surface area contributed by atoms with Gasteiger partial charge in [-0.15, -0.1) is 11.3 Å². The molecule has 5 rings (SSSR count). The van der Waals surface area contributed by atoms with Gasteiger partial charge in [-0.05, 0) is 85.1 Å². The van der Waals surface area contributed by atoms with Crippen LogP contribution in [0.4, 0.5) is 5.69 Å². The number of nitrogens with zero attached hydrogens (tertiary/aromatic N) is 1. The molecule has 1 N–H and O–H groups in total. The zero-order valence-corrected chi connectivity index (χ0v) is 22.9. The summed E-state index contributed by atoms with van der Waals surface area (Å²) >= 11 is 14.3. The molecule has 0 unspecified atom stereocenters. The molecule has 188 valence electrons. The molecule has 4 nitrogen and oxygen atoms in total. The van der Waals surface area contributed by atoms with Crippen molar-refractivity contribution in [1.29, 1.82) is 0 Å². The van der Waals surface area contributed by atoms with Crippen LogP contribution in [-0.4, -0.2) is 11.6 Å². The predicted octanol–water partition coefficient (Wildman–Crippen LogP) is 9.17. The molecule has 0 aliphatic heterocycles. The minimum atomic E-state index is 0.395. The Labute approximate surface area is 230 Å². The first kappa shape index (κ1) is 25.4. The van der Waals surface area contributed by atoms with E-state index in [4.69, 9.17) is 37.7 Å². The predicted molar refractivity (Wildman–Crippen MR) is 156 cm³/mol. The lowest BCUT2D eigenvalue weighted by atomic mass is 10.1. The van der Waals surface area contributed by atoms with Gasteiger partial charge in [-0.2, -0.15) is 0 Å². The minimum absolute atomic E-state index is 0.395. The molecule has 0 aliphatic rings. The number of aromatic nitrogens is 1. The first-order chi connectivity index (χ1) is 18.0. The van der Waals surface area contributed by atoms with Gasteiger partial charge in [0.05, 0.1) is 16.8 Å². The van der Waals surface area contributed by atoms with Crippen LogP contribution in [0.15, 0.2) is 78.9 Å². The van der Waals surface area contributed by atoms with Gasteiger partial charge in [0, 0.05) is 33.9 Å². The number of halogens is 2. The maximum atomic E-state index is 6.63. The van der Waals surface area contributed by atoms with Gasteiger partial charge in [-0.1, -0.05) is 41.4 Å². The van der Waals surface area contributed by atoms with Gasteiger partial charge in [0.2, 0.25) is 0 Å². The molecule has 0 spiro atoms. The number of anilines is 1. The molecule has 0 radical (unpaired) electrons. The van der Waals surface area contributed by atoms with Crippen LogP contribution < -0.4 is 14.8 Å². The van der Waals surface area contributed by atoms with Crippen LogP contribution in [0.25, 0.3) is 20.8 Å². The fourth-order valence-electron chi connectivity index (χ4n) is 3.92. The van der Waals surface area contributed by atoms with Crippen molar-refractivity contribution in [2.45, 2.75) is 27.0 Å². The molecule has 0 atom stereocenters. The largest absolute Gasteiger partial charge is 0.490 e. The third-order valence-corrected chi connectivity index (χ3v) is 7.55. The standard InChI is InChI=1S/C30H26Cl2N2O2S/c1-3-35-27-15-22(25(32)16-28(27)36-18-20-5-9-23(31)10-6-20)17-33-24-11-7-21(8-12-24)30-34-26-13-4-19(2)14-29(26)37-30/h4-16,33H,3,17-18H2,1-2H3. The number of benzene rings is 4. The number of ether oxygens (including phenoxy) is 2. The normalized spacial score (nSPS) is 11.0. The fraction of sp³-hybridized carbons (Fsp3) is 0.167. The molecule has 1 heterocycles. The molecule has 0 aliphatic carbocycles. The molecule has 0 fully saturated rings. The maximum absolute atomic E-state index is 6.63. The second kappa shape index (κ2) is 11.4. The minimum Gasteiger partial charge on any atom is -0.490 e. The molecule has 0 saturated carbocycles. The lowest BCUT2D eigenvalue weighted by Gasteiger charge is -2.16. The van der Waals surface area contributed by atoms with Crippen molar-refractivity contribution in [1.82, 2.24) is 4.98 Å². The average molecular weight is 550 g/mol. The van der Waals surface area contributed by atoms with Crippen molar-refractivity contribution >= 4 is 50.4 Å². The molecule has 1 aromatic heterocycles. The van der Waals surface area contributed by atoms with E-state index in [9.17, 15) is 0 Å². The number of thiazole rings is 1. The van der Waals surface area contributed by atoms with E-state index >= 15 is 0 Å². The summed E-state index contributed by atoms with van der Waals surface area (Å²) in [6.45, 7) is 5.52. The Kier molecular flexibility index (Phi) is 7.85. The summed E-state index contributed by atoms with van der Waals surface area (Å²) in [5.74, 6) is 1.28. The zero-order valence-electron chi connectivity index (χ0n) is 20.6. The highest BCUT2D eigenvalue weighted by atomic mass is 35.5. The Hall–Kier alpha value is -3.25. The summed E-state index contributed by atoms with van der Waals surface area (Å²) in [4.78, 5) is 4.78. The first-order valence-electron chi connectivity index (χ1n) is 12.0. The topological polar surface area (TPSA) is 43.4 Å². The molecule has 5 aromatic rings. The molecule has 4 aromatic carbocycles. The Morgan fingerprint density at radius 3 is 2.38 bits per heavy atom. The van der Waals surface area contributed by atoms with Crippen LogP contribution >= 0.6 is 34.5 Å². The average Bonchev–Trinajstić information content (AvgIpc) is 3.32. The second-order valence-corrected chi connectivity index (χ2v) is 10.5. The smallest absolute Gasteiger partial charge is 0.163 e. The Morgan fingerprint density at radius 1 is 0.865 bits per heavy atom. The summed E-state index contributed by atoms with van der Waals surface area (Å²) in [5, 5.41) is 5.78. The number of nitrogens with one attached hydrogen (secondary N) is 1. The number of fused-ring (bicyclic) bond motifs is 1. The van der Waals surface area contributed by atoms with Crippen LogP contribution in [0, 0.1) is 6.92 Å². The third kappa shape index (κ3) is 6.19. The van der Waals surface area contributed by atoms with Crippen molar-refractivity contribution in [3.63, 3.8) is 0 Å². The van der Waals surface area contributed by atoms with E-state index in [1.165, 1.54) is 10.3 Å². The van der Waals surface area contributed by atoms with Crippen molar-refractivity contribution in [2.24, 2.45) is 0 Å². The lowest BCUT2D eigenvalue weighted by Crippen LogP contribution is -2.04. The number of hydrogen-bond donors (Lipinski definition) is 1. The fourth-order valence-corrected chi connectivity index (χ4v) is 5.33. The van der Waals surface area contributed by atoms with Crippen molar-refractivity contribution in [3.05, 3.63) is 106 Å². The number of rotatable bonds is 9. The summed E-state index contributed by atoms with van der Waals surface area (Å²) in [7, 11) is 0. The highest BCUT2D eigenvalue weighted by Crippen LogP contribution is 2.35. The van der Waals surface area contributed by atoms with Crippen LogP contribution in [0.5, 0.6) is 11.5 Å². The molecule has 7 heteroatoms. The number of hydrogen-bond acceptors (Lipinski definition) is 5. The molecule has 0 amide bonds. The van der Waals surface area contributed by atoms with E-state index < -0.39 is 0 Å². The summed E-state index contributed by atoms with van der Waals surface area (Å²) in [5.41, 5.74) is 6.32. The van der Waals surface area contributed by atoms with E-state index in [0.29, 0.717) is 41.3 Å². The van der Waals surface area contributed by atoms with E-state index in [1.54, 1.807) is 11.3 Å². The lowest BCUT2D eigenvalue weighted by molar-refractivity contribution is 0.269. The Balaban J connectivity index is 1.26. The Bertz CT molecular complexity index is 1520. The highest BCUT2D eigenvalue weighted by Gasteiger charge is 2.12. The second-order valence-electron chi connectivity index (χ2n) is 8.66. The molecule has 0 bridgehead atoms. The summed E-state index contributed by atoms with van der Waals surface area (Å²) in [6, 6.07) is 26.0. The monoisotopic (exact) mass is 548 g/mol. The third-order valence-electron chi connectivity index (χ3n) is 5.88. The van der Waals surface area contributed by atoms with Gasteiger partial charge in [-0.25, -0.2) is 4.98 Å². The van der Waals surface area contributed by atoms with Gasteiger partial charge in [0.1, 0.15) is 11.6 Å². The van der Waals surface area contributed by atoms with Gasteiger partial charge >= 0.3 is 0 Å². The quantitative estimate of drug-likeness (QED) is 0.199. The van der Waals surface area contributed by atoms with E-state index in [-0.39, 0.29) is 0 Å². The highest BCUT2D eigenvalue weighted by molar-refractivity contribution is 7.21. The summed E-state index contributed by atoms with van der Waals surface area (Å²) < 4.78 is 13.1. The van der Waals surface area contributed by atoms with E-state index in [0.717, 1.165) is 32.9 Å². The molecular formula is C30H26Cl2N2O2S. The van der Waals surface area contributed by atoms with Crippen molar-refractivity contribution in [3.8, 4) is 22.1 Å². The van der Waals surface area contributed by atoms with E-state index in [2.05, 4.69) is 54.7 Å². The zero-order chi connectivity index (χ0) is 25.8. The Morgan fingerprint density at radius 2 is 1.62 bits per heavy atom. The van der Waals surface area contributed by atoms with Crippen LogP contribution in [0.2, 0.25) is 10.0 Å². The van der Waals surface area contributed by atoms with Gasteiger partial charge < -0.3 is 14.8 Å². The van der Waals surface area contributed by atoms with Crippen LogP contribution in [0.1, 0.15) is 23.6 Å². The number of aryl methyl sites for hydroxylation is 1. The first-order valence-corrected chi connectivity index (χ1v) is 13.6. The maximum Gasteiger partial charge on any atom is 0.163 e. The van der Waals surface area contributed by atoms with Gasteiger partial charge in [-0.3, -0.25) is 0 Å². The van der Waals surface area contributed by atoms with E-state index in [1.807, 2.05) is 43.3 Å². The molecule has 37 heavy (non-hydrogen) atoms. The molecular weight excluding hydrogens is 523 g/mol. The van der Waals surface area contributed by atoms with Gasteiger partial charge in [0.25, 0.3) is 0 Å².